The predicted molar refractivity (Wildman–Crippen MR) is 52.7 cm³/mol. The summed E-state index contributed by atoms with van der Waals surface area (Å²) >= 11 is 0. The smallest absolute Gasteiger partial charge is 0.312 e. The maximum atomic E-state index is 10.3. The third kappa shape index (κ3) is 4.15. The molecule has 15 heavy (non-hydrogen) atoms. The largest absolute Gasteiger partial charge is 0.449 e. The fraction of sp³-hybridized carbons (Fsp3) is 0.333. The number of hydrogen-bond donors (Lipinski definition) is 3. The van der Waals surface area contributed by atoms with Crippen molar-refractivity contribution in [1.29, 1.82) is 5.26 Å². The van der Waals surface area contributed by atoms with E-state index in [1.165, 1.54) is 0 Å². The second-order valence-electron chi connectivity index (χ2n) is 2.85. The Hall–Kier alpha value is -2.00. The van der Waals surface area contributed by atoms with E-state index < -0.39 is 6.03 Å². The second-order valence-corrected chi connectivity index (χ2v) is 2.85. The first kappa shape index (κ1) is 11.1. The molecule has 0 aromatic carbocycles. The molecule has 0 saturated carbocycles. The molecule has 0 bridgehead atoms. The zero-order valence-electron chi connectivity index (χ0n) is 8.12. The summed E-state index contributed by atoms with van der Waals surface area (Å²) in [7, 11) is 0. The van der Waals surface area contributed by atoms with Crippen molar-refractivity contribution in [2.45, 2.75) is 6.54 Å². The van der Waals surface area contributed by atoms with E-state index in [4.69, 9.17) is 15.4 Å². The summed E-state index contributed by atoms with van der Waals surface area (Å²) in [5.74, 6) is 0.979. The lowest BCUT2D eigenvalue weighted by atomic mass is 10.4. The zero-order valence-corrected chi connectivity index (χ0v) is 8.12. The van der Waals surface area contributed by atoms with Gasteiger partial charge in [0.25, 0.3) is 0 Å². The molecule has 0 fully saturated rings. The molecule has 1 aromatic rings. The molecule has 80 valence electrons. The maximum absolute atomic E-state index is 10.3. The number of furan rings is 1. The molecule has 0 spiro atoms. The van der Waals surface area contributed by atoms with Crippen LogP contribution in [0.15, 0.2) is 16.5 Å². The van der Waals surface area contributed by atoms with Crippen molar-refractivity contribution in [2.75, 3.05) is 13.1 Å². The first-order chi connectivity index (χ1) is 7.22. The third-order valence-corrected chi connectivity index (χ3v) is 1.67. The first-order valence-electron chi connectivity index (χ1n) is 4.45. The van der Waals surface area contributed by atoms with Crippen molar-refractivity contribution in [1.82, 2.24) is 10.6 Å². The number of rotatable bonds is 5. The van der Waals surface area contributed by atoms with Crippen LogP contribution in [0, 0.1) is 11.3 Å². The maximum Gasteiger partial charge on any atom is 0.312 e. The van der Waals surface area contributed by atoms with Crippen LogP contribution >= 0.6 is 0 Å². The molecule has 0 unspecified atom stereocenters. The van der Waals surface area contributed by atoms with E-state index >= 15 is 0 Å². The van der Waals surface area contributed by atoms with Crippen molar-refractivity contribution in [3.63, 3.8) is 0 Å². The molecule has 1 heterocycles. The topological polar surface area (TPSA) is 104 Å². The van der Waals surface area contributed by atoms with Crippen LogP contribution in [0.25, 0.3) is 0 Å². The summed E-state index contributed by atoms with van der Waals surface area (Å²) in [6.45, 7) is 1.56. The standard InChI is InChI=1S/C9H12N4O2/c10-5-7-1-2-8(15-7)6-12-3-4-13-9(11)14/h1-2,12H,3-4,6H2,(H3,11,13,14). The van der Waals surface area contributed by atoms with Crippen molar-refractivity contribution < 1.29 is 9.21 Å². The molecule has 1 aromatic heterocycles. The van der Waals surface area contributed by atoms with E-state index in [2.05, 4.69) is 10.6 Å². The lowest BCUT2D eigenvalue weighted by Gasteiger charge is -2.02. The monoisotopic (exact) mass is 208 g/mol. The number of nitrogens with one attached hydrogen (secondary N) is 2. The zero-order chi connectivity index (χ0) is 11.1. The van der Waals surface area contributed by atoms with Gasteiger partial charge in [-0.25, -0.2) is 4.79 Å². The average Bonchev–Trinajstić information content (AvgIpc) is 2.65. The van der Waals surface area contributed by atoms with Crippen molar-refractivity contribution >= 4 is 6.03 Å². The van der Waals surface area contributed by atoms with Gasteiger partial charge in [-0.15, -0.1) is 0 Å². The van der Waals surface area contributed by atoms with E-state index in [1.807, 2.05) is 6.07 Å². The Balaban J connectivity index is 2.15. The minimum atomic E-state index is -0.540. The summed E-state index contributed by atoms with van der Waals surface area (Å²) in [4.78, 5) is 10.3. The molecule has 0 saturated heterocycles. The Labute approximate surface area is 87.0 Å². The van der Waals surface area contributed by atoms with Gasteiger partial charge in [-0.1, -0.05) is 0 Å². The summed E-state index contributed by atoms with van der Waals surface area (Å²) in [6.07, 6.45) is 0. The van der Waals surface area contributed by atoms with Gasteiger partial charge in [-0.05, 0) is 12.1 Å². The third-order valence-electron chi connectivity index (χ3n) is 1.67. The van der Waals surface area contributed by atoms with Gasteiger partial charge in [0.1, 0.15) is 11.8 Å². The fourth-order valence-electron chi connectivity index (χ4n) is 1.02. The van der Waals surface area contributed by atoms with Crippen LogP contribution in [-0.4, -0.2) is 19.1 Å². The van der Waals surface area contributed by atoms with Crippen molar-refractivity contribution in [3.8, 4) is 6.07 Å². The number of nitrogens with zero attached hydrogens (tertiary/aromatic N) is 1. The van der Waals surface area contributed by atoms with Crippen LogP contribution in [0.2, 0.25) is 0 Å². The molecule has 0 atom stereocenters. The lowest BCUT2D eigenvalue weighted by molar-refractivity contribution is 0.249. The van der Waals surface area contributed by atoms with Crippen LogP contribution in [0.5, 0.6) is 0 Å². The van der Waals surface area contributed by atoms with Crippen LogP contribution in [0.1, 0.15) is 11.5 Å². The number of primary amides is 1. The predicted octanol–water partition coefficient (Wildman–Crippen LogP) is -0.0908. The number of carbonyl (C=O) groups is 1. The highest BCUT2D eigenvalue weighted by Gasteiger charge is 1.99. The van der Waals surface area contributed by atoms with Gasteiger partial charge >= 0.3 is 6.03 Å². The van der Waals surface area contributed by atoms with E-state index in [0.717, 1.165) is 0 Å². The number of hydrogen-bond acceptors (Lipinski definition) is 4. The molecule has 0 aliphatic heterocycles. The highest BCUT2D eigenvalue weighted by Crippen LogP contribution is 2.05. The highest BCUT2D eigenvalue weighted by molar-refractivity contribution is 5.71. The minimum absolute atomic E-state index is 0.294. The van der Waals surface area contributed by atoms with Gasteiger partial charge in [-0.2, -0.15) is 5.26 Å². The Morgan fingerprint density at radius 3 is 2.93 bits per heavy atom. The minimum Gasteiger partial charge on any atom is -0.449 e. The number of nitriles is 1. The summed E-state index contributed by atoms with van der Waals surface area (Å²) in [5.41, 5.74) is 4.87. The molecule has 6 nitrogen and oxygen atoms in total. The van der Waals surface area contributed by atoms with Gasteiger partial charge in [0.05, 0.1) is 6.54 Å². The van der Waals surface area contributed by atoms with Crippen LogP contribution in [0.4, 0.5) is 4.79 Å². The molecule has 6 heteroatoms. The Kier molecular flexibility index (Phi) is 4.19. The van der Waals surface area contributed by atoms with E-state index in [1.54, 1.807) is 12.1 Å². The van der Waals surface area contributed by atoms with Crippen molar-refractivity contribution in [3.05, 3.63) is 23.7 Å². The SMILES string of the molecule is N#Cc1ccc(CNCCNC(N)=O)o1. The van der Waals surface area contributed by atoms with Crippen molar-refractivity contribution in [2.24, 2.45) is 5.73 Å². The molecular weight excluding hydrogens is 196 g/mol. The molecule has 1 rings (SSSR count). The number of carbonyl (C=O) groups excluding carboxylic acids is 1. The Bertz CT molecular complexity index is 366. The van der Waals surface area contributed by atoms with Crippen LogP contribution in [0.3, 0.4) is 0 Å². The van der Waals surface area contributed by atoms with E-state index in [-0.39, 0.29) is 0 Å². The molecule has 0 aliphatic rings. The van der Waals surface area contributed by atoms with Gasteiger partial charge in [0.15, 0.2) is 0 Å². The fourth-order valence-corrected chi connectivity index (χ4v) is 1.02. The quantitative estimate of drug-likeness (QED) is 0.588. The Morgan fingerprint density at radius 2 is 2.33 bits per heavy atom. The van der Waals surface area contributed by atoms with Gasteiger partial charge in [-0.3, -0.25) is 0 Å². The first-order valence-corrected chi connectivity index (χ1v) is 4.45. The van der Waals surface area contributed by atoms with Gasteiger partial charge in [0, 0.05) is 13.1 Å². The molecule has 0 aliphatic carbocycles. The van der Waals surface area contributed by atoms with E-state index in [0.29, 0.717) is 31.2 Å². The van der Waals surface area contributed by atoms with Gasteiger partial charge in [0.2, 0.25) is 5.76 Å². The summed E-state index contributed by atoms with van der Waals surface area (Å²) < 4.78 is 5.12. The highest BCUT2D eigenvalue weighted by atomic mass is 16.3. The molecule has 4 N–H and O–H groups in total. The molecule has 0 radical (unpaired) electrons. The number of nitrogens with two attached hydrogens (primary N) is 1. The Morgan fingerprint density at radius 1 is 1.53 bits per heavy atom. The lowest BCUT2D eigenvalue weighted by Crippen LogP contribution is -2.35. The van der Waals surface area contributed by atoms with Gasteiger partial charge < -0.3 is 20.8 Å². The molecule has 2 amide bonds. The number of amides is 2. The molecular formula is C9H12N4O2. The summed E-state index contributed by atoms with van der Waals surface area (Å²) in [6, 6.07) is 4.69. The van der Waals surface area contributed by atoms with E-state index in [9.17, 15) is 4.79 Å². The normalized spacial score (nSPS) is 9.53. The van der Waals surface area contributed by atoms with Crippen LogP contribution < -0.4 is 16.4 Å². The average molecular weight is 208 g/mol. The second kappa shape index (κ2) is 5.67. The summed E-state index contributed by atoms with van der Waals surface area (Å²) in [5, 5.41) is 14.0. The van der Waals surface area contributed by atoms with Crippen LogP contribution in [-0.2, 0) is 6.54 Å². The number of urea groups is 1.